The Hall–Kier alpha value is -2.57. The zero-order chi connectivity index (χ0) is 19.9. The Morgan fingerprint density at radius 3 is 2.71 bits per heavy atom. The number of carbonyl (C=O) groups excluding carboxylic acids is 1. The lowest BCUT2D eigenvalue weighted by molar-refractivity contribution is -0.139. The van der Waals surface area contributed by atoms with Gasteiger partial charge in [-0.2, -0.15) is 4.99 Å². The molecule has 1 unspecified atom stereocenters. The first-order valence-corrected chi connectivity index (χ1v) is 10.1. The molecular formula is C21H30N6O. The van der Waals surface area contributed by atoms with Crippen molar-refractivity contribution >= 4 is 29.1 Å². The Balaban J connectivity index is 1.68. The monoisotopic (exact) mass is 382 g/mol. The van der Waals surface area contributed by atoms with Crippen LogP contribution in [0.4, 0.5) is 11.4 Å². The second kappa shape index (κ2) is 7.11. The van der Waals surface area contributed by atoms with E-state index in [0.717, 1.165) is 24.4 Å². The van der Waals surface area contributed by atoms with Gasteiger partial charge in [0.25, 0.3) is 0 Å². The molecule has 28 heavy (non-hydrogen) atoms. The van der Waals surface area contributed by atoms with E-state index in [-0.39, 0.29) is 11.9 Å². The third-order valence-electron chi connectivity index (χ3n) is 6.07. The van der Waals surface area contributed by atoms with Crippen molar-refractivity contribution in [2.75, 3.05) is 31.2 Å². The summed E-state index contributed by atoms with van der Waals surface area (Å²) in [7, 11) is 1.88. The molecule has 0 spiro atoms. The van der Waals surface area contributed by atoms with Gasteiger partial charge in [-0.3, -0.25) is 4.79 Å². The van der Waals surface area contributed by atoms with Gasteiger partial charge in [-0.15, -0.1) is 0 Å². The predicted octanol–water partition coefficient (Wildman–Crippen LogP) is 2.56. The molecule has 1 aromatic rings. The van der Waals surface area contributed by atoms with Crippen molar-refractivity contribution in [3.63, 3.8) is 0 Å². The summed E-state index contributed by atoms with van der Waals surface area (Å²) in [6.07, 6.45) is 4.81. The molecule has 7 nitrogen and oxygen atoms in total. The maximum Gasteiger partial charge on any atom is 0.230 e. The molecule has 1 amide bonds. The molecular weight excluding hydrogens is 352 g/mol. The lowest BCUT2D eigenvalue weighted by Gasteiger charge is -2.37. The highest BCUT2D eigenvalue weighted by molar-refractivity contribution is 6.08. The van der Waals surface area contributed by atoms with Crippen LogP contribution in [0.15, 0.2) is 34.3 Å². The lowest BCUT2D eigenvalue weighted by Crippen LogP contribution is -2.52. The van der Waals surface area contributed by atoms with E-state index in [1.54, 1.807) is 0 Å². The maximum absolute atomic E-state index is 13.1. The number of rotatable bonds is 2. The highest BCUT2D eigenvalue weighted by Crippen LogP contribution is 2.33. The normalized spacial score (nSPS) is 25.1. The second-order valence-corrected chi connectivity index (χ2v) is 8.77. The van der Waals surface area contributed by atoms with E-state index in [4.69, 9.17) is 10.7 Å². The fourth-order valence-corrected chi connectivity index (χ4v) is 4.56. The topological polar surface area (TPSA) is 86.3 Å². The van der Waals surface area contributed by atoms with Gasteiger partial charge < -0.3 is 20.9 Å². The molecule has 3 aliphatic rings. The van der Waals surface area contributed by atoms with Crippen LogP contribution >= 0.6 is 0 Å². The number of carbonyl (C=O) groups is 1. The minimum absolute atomic E-state index is 0.110. The summed E-state index contributed by atoms with van der Waals surface area (Å²) < 4.78 is 0. The molecule has 1 aliphatic carbocycles. The summed E-state index contributed by atoms with van der Waals surface area (Å²) in [6.45, 7) is 5.30. The quantitative estimate of drug-likeness (QED) is 0.770. The van der Waals surface area contributed by atoms with Crippen molar-refractivity contribution in [3.05, 3.63) is 24.3 Å². The molecule has 0 aromatic heterocycles. The van der Waals surface area contributed by atoms with Crippen molar-refractivity contribution in [1.29, 1.82) is 0 Å². The number of amidine groups is 1. The SMILES string of the molecule is CN1C(=O)C(C)(C)CN(C2CCCC2)C2=NC(Nc3cccc(N)c3)=NCC21. The van der Waals surface area contributed by atoms with Gasteiger partial charge in [0.05, 0.1) is 12.0 Å². The number of aliphatic imine (C=N–C) groups is 2. The van der Waals surface area contributed by atoms with Crippen LogP contribution in [0.25, 0.3) is 0 Å². The van der Waals surface area contributed by atoms with Crippen LogP contribution in [0.2, 0.25) is 0 Å². The lowest BCUT2D eigenvalue weighted by atomic mass is 9.91. The van der Waals surface area contributed by atoms with Crippen molar-refractivity contribution in [2.24, 2.45) is 15.4 Å². The number of nitrogens with one attached hydrogen (secondary N) is 1. The average molecular weight is 383 g/mol. The summed E-state index contributed by atoms with van der Waals surface area (Å²) in [5.41, 5.74) is 7.01. The number of amides is 1. The minimum Gasteiger partial charge on any atom is -0.399 e. The Morgan fingerprint density at radius 2 is 2.00 bits per heavy atom. The average Bonchev–Trinajstić information content (AvgIpc) is 3.17. The number of guanidine groups is 1. The van der Waals surface area contributed by atoms with Gasteiger partial charge >= 0.3 is 0 Å². The summed E-state index contributed by atoms with van der Waals surface area (Å²) in [6, 6.07) is 7.92. The number of hydrogen-bond donors (Lipinski definition) is 2. The van der Waals surface area contributed by atoms with E-state index in [0.29, 0.717) is 30.8 Å². The van der Waals surface area contributed by atoms with Gasteiger partial charge in [0.1, 0.15) is 11.9 Å². The van der Waals surface area contributed by atoms with Crippen LogP contribution in [0.1, 0.15) is 39.5 Å². The molecule has 0 bridgehead atoms. The van der Waals surface area contributed by atoms with Gasteiger partial charge in [0.2, 0.25) is 11.9 Å². The van der Waals surface area contributed by atoms with Crippen LogP contribution in [0, 0.1) is 5.41 Å². The van der Waals surface area contributed by atoms with E-state index in [2.05, 4.69) is 15.2 Å². The fraction of sp³-hybridized carbons (Fsp3) is 0.571. The van der Waals surface area contributed by atoms with E-state index in [1.807, 2.05) is 50.1 Å². The zero-order valence-corrected chi connectivity index (χ0v) is 17.0. The number of anilines is 2. The number of likely N-dealkylation sites (N-methyl/N-ethyl adjacent to an activating group) is 1. The van der Waals surface area contributed by atoms with Crippen molar-refractivity contribution in [3.8, 4) is 0 Å². The molecule has 2 aliphatic heterocycles. The van der Waals surface area contributed by atoms with Crippen molar-refractivity contribution in [2.45, 2.75) is 51.6 Å². The highest BCUT2D eigenvalue weighted by Gasteiger charge is 2.45. The van der Waals surface area contributed by atoms with E-state index < -0.39 is 5.41 Å². The Labute approximate surface area is 166 Å². The summed E-state index contributed by atoms with van der Waals surface area (Å²) in [5.74, 6) is 1.71. The van der Waals surface area contributed by atoms with Gasteiger partial charge in [-0.25, -0.2) is 4.99 Å². The number of nitrogens with zero attached hydrogens (tertiary/aromatic N) is 4. The third-order valence-corrected chi connectivity index (χ3v) is 6.07. The van der Waals surface area contributed by atoms with Crippen molar-refractivity contribution < 1.29 is 4.79 Å². The third kappa shape index (κ3) is 3.45. The molecule has 1 saturated carbocycles. The maximum atomic E-state index is 13.1. The zero-order valence-electron chi connectivity index (χ0n) is 17.0. The standard InChI is InChI=1S/C21H30N6O/c1-21(2)13-27(16-9-4-5-10-16)18-17(26(3)19(21)28)12-23-20(25-18)24-15-8-6-7-14(22)11-15/h6-8,11,16-17H,4-5,9-10,12-13,22H2,1-3H3,(H,23,24). The molecule has 0 radical (unpaired) electrons. The first-order valence-electron chi connectivity index (χ1n) is 10.1. The molecule has 2 heterocycles. The summed E-state index contributed by atoms with van der Waals surface area (Å²) in [5, 5.41) is 3.29. The predicted molar refractivity (Wildman–Crippen MR) is 114 cm³/mol. The molecule has 3 N–H and O–H groups in total. The number of hydrogen-bond acceptors (Lipinski definition) is 6. The molecule has 1 atom stereocenters. The molecule has 1 saturated heterocycles. The molecule has 1 aromatic carbocycles. The van der Waals surface area contributed by atoms with Gasteiger partial charge in [-0.1, -0.05) is 18.9 Å². The number of benzene rings is 1. The van der Waals surface area contributed by atoms with E-state index in [1.165, 1.54) is 12.8 Å². The molecule has 4 rings (SSSR count). The molecule has 2 fully saturated rings. The highest BCUT2D eigenvalue weighted by atomic mass is 16.2. The second-order valence-electron chi connectivity index (χ2n) is 8.77. The number of nitrogens with two attached hydrogens (primary N) is 1. The Morgan fingerprint density at radius 1 is 1.25 bits per heavy atom. The number of fused-ring (bicyclic) bond motifs is 1. The smallest absolute Gasteiger partial charge is 0.230 e. The first kappa shape index (κ1) is 18.8. The minimum atomic E-state index is -0.446. The van der Waals surface area contributed by atoms with E-state index in [9.17, 15) is 4.79 Å². The fourth-order valence-electron chi connectivity index (χ4n) is 4.56. The summed E-state index contributed by atoms with van der Waals surface area (Å²) in [4.78, 5) is 26.8. The molecule has 150 valence electrons. The van der Waals surface area contributed by atoms with E-state index >= 15 is 0 Å². The van der Waals surface area contributed by atoms with Gasteiger partial charge in [0, 0.05) is 31.0 Å². The van der Waals surface area contributed by atoms with Gasteiger partial charge in [0.15, 0.2) is 0 Å². The van der Waals surface area contributed by atoms with Crippen LogP contribution in [-0.2, 0) is 4.79 Å². The molecule has 7 heteroatoms. The first-order chi connectivity index (χ1) is 13.3. The van der Waals surface area contributed by atoms with Crippen LogP contribution in [0.3, 0.4) is 0 Å². The summed E-state index contributed by atoms with van der Waals surface area (Å²) >= 11 is 0. The van der Waals surface area contributed by atoms with Crippen molar-refractivity contribution in [1.82, 2.24) is 9.80 Å². The number of nitrogen functional groups attached to an aromatic ring is 1. The Bertz CT molecular complexity index is 824. The van der Waals surface area contributed by atoms with Crippen LogP contribution in [-0.4, -0.2) is 59.7 Å². The van der Waals surface area contributed by atoms with Crippen LogP contribution in [0.5, 0.6) is 0 Å². The largest absolute Gasteiger partial charge is 0.399 e. The van der Waals surface area contributed by atoms with Crippen LogP contribution < -0.4 is 11.1 Å². The Kier molecular flexibility index (Phi) is 4.77. The van der Waals surface area contributed by atoms with Gasteiger partial charge in [-0.05, 0) is 44.9 Å².